The standard InChI is InChI=1S/C22H17N9OS/c1-12-17(21(32)28-29-22(23)33)24-27-20-16-15(13-8-4-2-5-9-13)18(14-10-6-3-7-11-14)25-26-19(16)30-31(12)20/h2-11H,1H3,(H,28,32)(H3,23,29,33). The first-order valence-electron chi connectivity index (χ1n) is 9.93. The van der Waals surface area contributed by atoms with Crippen molar-refractivity contribution >= 4 is 39.9 Å². The predicted octanol–water partition coefficient (Wildman–Crippen LogP) is 2.19. The van der Waals surface area contributed by atoms with Crippen LogP contribution in [0.15, 0.2) is 60.7 Å². The number of nitrogens with zero attached hydrogens (tertiary/aromatic N) is 6. The number of amides is 1. The van der Waals surface area contributed by atoms with Gasteiger partial charge in [-0.1, -0.05) is 60.7 Å². The molecule has 4 N–H and O–H groups in total. The third-order valence-electron chi connectivity index (χ3n) is 5.10. The Morgan fingerprint density at radius 1 is 0.909 bits per heavy atom. The molecular weight excluding hydrogens is 438 g/mol. The van der Waals surface area contributed by atoms with E-state index in [1.807, 2.05) is 60.7 Å². The first-order valence-corrected chi connectivity index (χ1v) is 10.3. The predicted molar refractivity (Wildman–Crippen MR) is 127 cm³/mol. The van der Waals surface area contributed by atoms with E-state index in [4.69, 9.17) is 18.0 Å². The summed E-state index contributed by atoms with van der Waals surface area (Å²) in [5.41, 5.74) is 14.9. The number of carbonyl (C=O) groups excluding carboxylic acids is 1. The SMILES string of the molecule is Cc1c(C(=O)NNC(N)=S)nnc2c3c(-c4ccccc4)c(-c4ccccc4)nnc3nn12. The van der Waals surface area contributed by atoms with Crippen LogP contribution in [0.3, 0.4) is 0 Å². The van der Waals surface area contributed by atoms with Crippen molar-refractivity contribution in [2.75, 3.05) is 0 Å². The van der Waals surface area contributed by atoms with Crippen LogP contribution in [0.1, 0.15) is 16.2 Å². The maximum absolute atomic E-state index is 12.5. The Hall–Kier alpha value is -4.51. The van der Waals surface area contributed by atoms with Crippen molar-refractivity contribution in [2.24, 2.45) is 5.73 Å². The van der Waals surface area contributed by atoms with Crippen LogP contribution < -0.4 is 16.6 Å². The third kappa shape index (κ3) is 3.59. The summed E-state index contributed by atoms with van der Waals surface area (Å²) in [5, 5.41) is 22.5. The van der Waals surface area contributed by atoms with E-state index in [9.17, 15) is 4.79 Å². The van der Waals surface area contributed by atoms with Gasteiger partial charge in [0.15, 0.2) is 16.5 Å². The van der Waals surface area contributed by atoms with Gasteiger partial charge in [0.05, 0.1) is 11.1 Å². The van der Waals surface area contributed by atoms with Gasteiger partial charge < -0.3 is 5.73 Å². The van der Waals surface area contributed by atoms with Crippen molar-refractivity contribution in [1.29, 1.82) is 0 Å². The molecule has 0 saturated heterocycles. The van der Waals surface area contributed by atoms with Gasteiger partial charge >= 0.3 is 0 Å². The fourth-order valence-electron chi connectivity index (χ4n) is 3.62. The summed E-state index contributed by atoms with van der Waals surface area (Å²) in [4.78, 5) is 12.5. The zero-order valence-corrected chi connectivity index (χ0v) is 18.2. The van der Waals surface area contributed by atoms with E-state index >= 15 is 0 Å². The molecule has 0 radical (unpaired) electrons. The van der Waals surface area contributed by atoms with Crippen LogP contribution in [-0.2, 0) is 0 Å². The molecule has 11 heteroatoms. The number of rotatable bonds is 3. The second-order valence-electron chi connectivity index (χ2n) is 7.17. The van der Waals surface area contributed by atoms with Gasteiger partial charge in [0.2, 0.25) is 5.65 Å². The van der Waals surface area contributed by atoms with Crippen molar-refractivity contribution in [3.63, 3.8) is 0 Å². The number of thiocarbonyl (C=S) groups is 1. The highest BCUT2D eigenvalue weighted by atomic mass is 32.1. The minimum absolute atomic E-state index is 0.0663. The smallest absolute Gasteiger partial charge is 0.292 e. The molecule has 3 heterocycles. The summed E-state index contributed by atoms with van der Waals surface area (Å²) < 4.78 is 1.54. The van der Waals surface area contributed by atoms with Crippen molar-refractivity contribution in [2.45, 2.75) is 6.92 Å². The average molecular weight is 456 g/mol. The van der Waals surface area contributed by atoms with Crippen LogP contribution in [0, 0.1) is 6.92 Å². The fraction of sp³-hybridized carbons (Fsp3) is 0.0455. The molecule has 0 aliphatic heterocycles. The molecule has 33 heavy (non-hydrogen) atoms. The van der Waals surface area contributed by atoms with Crippen molar-refractivity contribution in [3.8, 4) is 22.4 Å². The number of carbonyl (C=O) groups is 1. The molecule has 10 nitrogen and oxygen atoms in total. The largest absolute Gasteiger partial charge is 0.375 e. The molecule has 0 atom stereocenters. The average Bonchev–Trinajstić information content (AvgIpc) is 3.23. The molecule has 162 valence electrons. The van der Waals surface area contributed by atoms with Crippen LogP contribution in [-0.4, -0.2) is 41.0 Å². The molecule has 0 aliphatic carbocycles. The highest BCUT2D eigenvalue weighted by molar-refractivity contribution is 7.80. The summed E-state index contributed by atoms with van der Waals surface area (Å²) in [6, 6.07) is 19.6. The highest BCUT2D eigenvalue weighted by Crippen LogP contribution is 2.37. The highest BCUT2D eigenvalue weighted by Gasteiger charge is 2.23. The topological polar surface area (TPSA) is 136 Å². The molecule has 0 unspecified atom stereocenters. The summed E-state index contributed by atoms with van der Waals surface area (Å²) in [5.74, 6) is -0.548. The van der Waals surface area contributed by atoms with E-state index in [1.165, 1.54) is 0 Å². The van der Waals surface area contributed by atoms with Gasteiger partial charge in [-0.2, -0.15) is 0 Å². The second kappa shape index (κ2) is 8.20. The van der Waals surface area contributed by atoms with Crippen molar-refractivity contribution in [1.82, 2.24) is 40.9 Å². The van der Waals surface area contributed by atoms with Gasteiger partial charge in [0, 0.05) is 11.1 Å². The lowest BCUT2D eigenvalue weighted by Crippen LogP contribution is -2.45. The molecule has 5 rings (SSSR count). The monoisotopic (exact) mass is 455 g/mol. The molecular formula is C22H17N9OS. The van der Waals surface area contributed by atoms with E-state index in [-0.39, 0.29) is 10.8 Å². The third-order valence-corrected chi connectivity index (χ3v) is 5.21. The summed E-state index contributed by atoms with van der Waals surface area (Å²) in [6.45, 7) is 1.72. The Kier molecular flexibility index (Phi) is 5.07. The summed E-state index contributed by atoms with van der Waals surface area (Å²) in [7, 11) is 0. The minimum Gasteiger partial charge on any atom is -0.375 e. The van der Waals surface area contributed by atoms with Crippen molar-refractivity contribution in [3.05, 3.63) is 72.1 Å². The second-order valence-corrected chi connectivity index (χ2v) is 7.61. The zero-order chi connectivity index (χ0) is 22.9. The number of hydrogen-bond acceptors (Lipinski definition) is 7. The van der Waals surface area contributed by atoms with Crippen molar-refractivity contribution < 1.29 is 4.79 Å². The number of hydrogen-bond donors (Lipinski definition) is 3. The van der Waals surface area contributed by atoms with Gasteiger partial charge in [0.25, 0.3) is 5.91 Å². The number of benzene rings is 2. The lowest BCUT2D eigenvalue weighted by atomic mass is 9.97. The van der Waals surface area contributed by atoms with Crippen LogP contribution >= 0.6 is 12.2 Å². The van der Waals surface area contributed by atoms with Crippen LogP contribution in [0.25, 0.3) is 39.1 Å². The van der Waals surface area contributed by atoms with Crippen LogP contribution in [0.2, 0.25) is 0 Å². The quantitative estimate of drug-likeness (QED) is 0.276. The van der Waals surface area contributed by atoms with Gasteiger partial charge in [-0.3, -0.25) is 15.6 Å². The van der Waals surface area contributed by atoms with E-state index in [0.717, 1.165) is 16.7 Å². The number of hydrazine groups is 1. The molecule has 0 fully saturated rings. The van der Waals surface area contributed by atoms with Gasteiger partial charge in [0.1, 0.15) is 5.69 Å². The zero-order valence-electron chi connectivity index (χ0n) is 17.4. The molecule has 5 aromatic rings. The maximum atomic E-state index is 12.5. The lowest BCUT2D eigenvalue weighted by molar-refractivity contribution is 0.0936. The molecule has 0 bridgehead atoms. The number of fused-ring (bicyclic) bond motifs is 3. The molecule has 1 amide bonds. The molecule has 3 aromatic heterocycles. The minimum atomic E-state index is -0.548. The van der Waals surface area contributed by atoms with Crippen LogP contribution in [0.5, 0.6) is 0 Å². The van der Waals surface area contributed by atoms with E-state index in [2.05, 4.69) is 36.3 Å². The van der Waals surface area contributed by atoms with Gasteiger partial charge in [-0.25, -0.2) is 4.52 Å². The first-order chi connectivity index (χ1) is 16.0. The lowest BCUT2D eigenvalue weighted by Gasteiger charge is -2.10. The molecule has 2 aromatic carbocycles. The normalized spacial score (nSPS) is 10.9. The Morgan fingerprint density at radius 2 is 1.58 bits per heavy atom. The number of aromatic nitrogens is 6. The molecule has 0 aliphatic rings. The number of nitrogens with two attached hydrogens (primary N) is 1. The molecule has 0 spiro atoms. The van der Waals surface area contributed by atoms with E-state index in [0.29, 0.717) is 28.1 Å². The Balaban J connectivity index is 1.78. The maximum Gasteiger partial charge on any atom is 0.292 e. The van der Waals surface area contributed by atoms with Gasteiger partial charge in [-0.05, 0) is 24.7 Å². The molecule has 0 saturated carbocycles. The number of aryl methyl sites for hydroxylation is 1. The Morgan fingerprint density at radius 3 is 2.24 bits per heavy atom. The Labute approximate surface area is 192 Å². The first kappa shape index (κ1) is 20.4. The van der Waals surface area contributed by atoms with E-state index in [1.54, 1.807) is 11.4 Å². The number of nitrogens with one attached hydrogen (secondary N) is 2. The fourth-order valence-corrected chi connectivity index (χ4v) is 3.68. The summed E-state index contributed by atoms with van der Waals surface area (Å²) >= 11 is 4.71. The van der Waals surface area contributed by atoms with Crippen LogP contribution in [0.4, 0.5) is 0 Å². The van der Waals surface area contributed by atoms with E-state index < -0.39 is 5.91 Å². The van der Waals surface area contributed by atoms with Gasteiger partial charge in [-0.15, -0.1) is 25.5 Å². The Bertz CT molecular complexity index is 1520. The summed E-state index contributed by atoms with van der Waals surface area (Å²) in [6.07, 6.45) is 0.